The maximum absolute atomic E-state index is 12.5. The largest absolute Gasteiger partial charge is 1.00 e. The number of Topliss-reactive ketones (excluding diaryl/α,β-unsaturated/α-hetero) is 1. The Kier molecular flexibility index (Phi) is 6.65. The Morgan fingerprint density at radius 3 is 2.16 bits per heavy atom. The Bertz CT molecular complexity index is 839. The van der Waals surface area contributed by atoms with Gasteiger partial charge in [-0.2, -0.15) is 4.57 Å². The van der Waals surface area contributed by atoms with Crippen LogP contribution in [0.2, 0.25) is 0 Å². The maximum Gasteiger partial charge on any atom is 0.206 e. The van der Waals surface area contributed by atoms with Gasteiger partial charge in [0.15, 0.2) is 12.4 Å². The van der Waals surface area contributed by atoms with Crippen LogP contribution in [-0.4, -0.2) is 5.78 Å². The summed E-state index contributed by atoms with van der Waals surface area (Å²) >= 11 is 0. The second kappa shape index (κ2) is 8.72. The molecule has 2 nitrogen and oxygen atoms in total. The average Bonchev–Trinajstić information content (AvgIpc) is 2.59. The highest BCUT2D eigenvalue weighted by Crippen LogP contribution is 2.16. The van der Waals surface area contributed by atoms with E-state index in [2.05, 4.69) is 44.2 Å². The number of aromatic nitrogens is 1. The molecule has 25 heavy (non-hydrogen) atoms. The molecule has 0 bridgehead atoms. The molecule has 3 heteroatoms. The van der Waals surface area contributed by atoms with Gasteiger partial charge < -0.3 is 17.0 Å². The fourth-order valence-electron chi connectivity index (χ4n) is 3.01. The van der Waals surface area contributed by atoms with Gasteiger partial charge in [0.25, 0.3) is 0 Å². The molecule has 3 aromatic rings. The van der Waals surface area contributed by atoms with Crippen molar-refractivity contribution in [1.82, 2.24) is 0 Å². The number of pyridine rings is 1. The first-order valence-electron chi connectivity index (χ1n) is 8.25. The lowest BCUT2D eigenvalue weighted by Gasteiger charge is -2.08. The van der Waals surface area contributed by atoms with E-state index in [0.717, 1.165) is 16.7 Å². The van der Waals surface area contributed by atoms with Crippen LogP contribution in [0.5, 0.6) is 0 Å². The maximum atomic E-state index is 12.5. The van der Waals surface area contributed by atoms with Gasteiger partial charge in [-0.15, -0.1) is 0 Å². The number of ketones is 1. The molecular formula is C22H22BrNO. The summed E-state index contributed by atoms with van der Waals surface area (Å²) < 4.78 is 1.97. The molecule has 0 aliphatic carbocycles. The molecule has 0 spiro atoms. The number of carbonyl (C=O) groups excluding carboxylic acids is 1. The van der Waals surface area contributed by atoms with Crippen LogP contribution < -0.4 is 21.5 Å². The summed E-state index contributed by atoms with van der Waals surface area (Å²) in [6.45, 7) is 4.53. The van der Waals surface area contributed by atoms with Crippen LogP contribution in [0, 0.1) is 13.8 Å². The van der Waals surface area contributed by atoms with E-state index < -0.39 is 0 Å². The molecule has 0 saturated heterocycles. The second-order valence-electron chi connectivity index (χ2n) is 6.22. The summed E-state index contributed by atoms with van der Waals surface area (Å²) in [7, 11) is 0. The Labute approximate surface area is 159 Å². The fraction of sp³-hybridized carbons (Fsp3) is 0.182. The van der Waals surface area contributed by atoms with Crippen molar-refractivity contribution in [3.63, 3.8) is 0 Å². The van der Waals surface area contributed by atoms with E-state index >= 15 is 0 Å². The molecule has 0 atom stereocenters. The summed E-state index contributed by atoms with van der Waals surface area (Å²) in [5.74, 6) is 0.225. The molecule has 0 aliphatic rings. The summed E-state index contributed by atoms with van der Waals surface area (Å²) in [4.78, 5) is 12.5. The minimum absolute atomic E-state index is 0. The number of nitrogens with zero attached hydrogens (tertiary/aromatic N) is 1. The molecule has 2 aromatic carbocycles. The van der Waals surface area contributed by atoms with Crippen LogP contribution in [0.4, 0.5) is 0 Å². The summed E-state index contributed by atoms with van der Waals surface area (Å²) in [6, 6.07) is 20.5. The van der Waals surface area contributed by atoms with Crippen molar-refractivity contribution in [2.24, 2.45) is 0 Å². The van der Waals surface area contributed by atoms with E-state index in [-0.39, 0.29) is 22.8 Å². The number of halogens is 1. The van der Waals surface area contributed by atoms with E-state index in [0.29, 0.717) is 13.0 Å². The monoisotopic (exact) mass is 395 g/mol. The van der Waals surface area contributed by atoms with Gasteiger partial charge in [0.2, 0.25) is 12.3 Å². The van der Waals surface area contributed by atoms with Gasteiger partial charge in [-0.05, 0) is 42.2 Å². The van der Waals surface area contributed by atoms with E-state index in [1.54, 1.807) is 0 Å². The van der Waals surface area contributed by atoms with Crippen molar-refractivity contribution in [3.8, 4) is 11.1 Å². The molecule has 0 unspecified atom stereocenters. The Hall–Kier alpha value is -2.26. The van der Waals surface area contributed by atoms with Gasteiger partial charge in [-0.25, -0.2) is 0 Å². The molecular weight excluding hydrogens is 374 g/mol. The van der Waals surface area contributed by atoms with Gasteiger partial charge in [-0.1, -0.05) is 48.5 Å². The highest BCUT2D eigenvalue weighted by molar-refractivity contribution is 5.80. The van der Waals surface area contributed by atoms with E-state index in [1.165, 1.54) is 11.1 Å². The minimum Gasteiger partial charge on any atom is -1.00 e. The zero-order valence-corrected chi connectivity index (χ0v) is 16.2. The average molecular weight is 396 g/mol. The molecule has 0 aliphatic heterocycles. The van der Waals surface area contributed by atoms with Gasteiger partial charge >= 0.3 is 0 Å². The second-order valence-corrected chi connectivity index (χ2v) is 6.22. The van der Waals surface area contributed by atoms with E-state index in [4.69, 9.17) is 0 Å². The summed E-state index contributed by atoms with van der Waals surface area (Å²) in [5.41, 5.74) is 5.81. The third kappa shape index (κ3) is 4.86. The number of carbonyl (C=O) groups is 1. The molecule has 128 valence electrons. The summed E-state index contributed by atoms with van der Waals surface area (Å²) in [5, 5.41) is 0. The van der Waals surface area contributed by atoms with Crippen LogP contribution in [0.15, 0.2) is 73.1 Å². The fourth-order valence-corrected chi connectivity index (χ4v) is 3.01. The molecule has 0 radical (unpaired) electrons. The molecule has 0 saturated carbocycles. The van der Waals surface area contributed by atoms with Crippen molar-refractivity contribution in [2.45, 2.75) is 26.8 Å². The van der Waals surface area contributed by atoms with Crippen LogP contribution in [0.1, 0.15) is 16.7 Å². The Morgan fingerprint density at radius 2 is 1.48 bits per heavy atom. The first kappa shape index (κ1) is 19.1. The zero-order valence-electron chi connectivity index (χ0n) is 14.6. The molecule has 0 amide bonds. The predicted molar refractivity (Wildman–Crippen MR) is 96.7 cm³/mol. The first-order chi connectivity index (χ1) is 11.6. The molecule has 0 N–H and O–H groups in total. The lowest BCUT2D eigenvalue weighted by atomic mass is 9.98. The van der Waals surface area contributed by atoms with Crippen LogP contribution in [-0.2, 0) is 17.8 Å². The Morgan fingerprint density at radius 1 is 0.840 bits per heavy atom. The van der Waals surface area contributed by atoms with E-state index in [1.807, 2.05) is 47.3 Å². The van der Waals surface area contributed by atoms with Crippen molar-refractivity contribution < 1.29 is 26.3 Å². The SMILES string of the molecule is Cc1cccc(C)c1CC(=O)C[n+]1cccc(-c2ccccc2)c1.[Br-]. The van der Waals surface area contributed by atoms with Crippen molar-refractivity contribution >= 4 is 5.78 Å². The van der Waals surface area contributed by atoms with Gasteiger partial charge in [-0.3, -0.25) is 4.79 Å². The first-order valence-corrected chi connectivity index (χ1v) is 8.25. The highest BCUT2D eigenvalue weighted by atomic mass is 79.9. The number of benzene rings is 2. The standard InChI is InChI=1S/C22H22NO.BrH/c1-17-8-6-9-18(2)22(17)14-21(24)16-23-13-7-12-20(15-23)19-10-4-3-5-11-19;/h3-13,15H,14,16H2,1-2H3;1H/q+1;/p-1. The lowest BCUT2D eigenvalue weighted by Crippen LogP contribution is -3.00. The number of hydrogen-bond donors (Lipinski definition) is 0. The van der Waals surface area contributed by atoms with Crippen molar-refractivity contribution in [1.29, 1.82) is 0 Å². The summed E-state index contributed by atoms with van der Waals surface area (Å²) in [6.07, 6.45) is 4.48. The molecule has 0 fully saturated rings. The van der Waals surface area contributed by atoms with Gasteiger partial charge in [0.05, 0.1) is 0 Å². The van der Waals surface area contributed by atoms with Crippen molar-refractivity contribution in [3.05, 3.63) is 89.7 Å². The normalized spacial score (nSPS) is 10.2. The zero-order chi connectivity index (χ0) is 16.9. The third-order valence-electron chi connectivity index (χ3n) is 4.34. The highest BCUT2D eigenvalue weighted by Gasteiger charge is 2.14. The quantitative estimate of drug-likeness (QED) is 0.592. The van der Waals surface area contributed by atoms with Gasteiger partial charge in [0, 0.05) is 18.1 Å². The van der Waals surface area contributed by atoms with Crippen LogP contribution in [0.25, 0.3) is 11.1 Å². The van der Waals surface area contributed by atoms with Gasteiger partial charge in [0.1, 0.15) is 0 Å². The lowest BCUT2D eigenvalue weighted by molar-refractivity contribution is -0.683. The number of hydrogen-bond acceptors (Lipinski definition) is 1. The van der Waals surface area contributed by atoms with Crippen LogP contribution >= 0.6 is 0 Å². The van der Waals surface area contributed by atoms with Crippen LogP contribution in [0.3, 0.4) is 0 Å². The van der Waals surface area contributed by atoms with Crippen molar-refractivity contribution in [2.75, 3.05) is 0 Å². The van der Waals surface area contributed by atoms with E-state index in [9.17, 15) is 4.79 Å². The molecule has 1 aromatic heterocycles. The number of aryl methyl sites for hydroxylation is 2. The molecule has 1 heterocycles. The Balaban J connectivity index is 0.00000225. The topological polar surface area (TPSA) is 20.9 Å². The molecule has 3 rings (SSSR count). The smallest absolute Gasteiger partial charge is 0.206 e. The predicted octanol–water partition coefficient (Wildman–Crippen LogP) is 1.07. The third-order valence-corrected chi connectivity index (χ3v) is 4.34. The minimum atomic E-state index is 0. The number of rotatable bonds is 5.